The van der Waals surface area contributed by atoms with Crippen LogP contribution >= 0.6 is 23.2 Å². The Bertz CT molecular complexity index is 549. The number of carbonyl (C=O) groups is 2. The molecule has 0 aliphatic heterocycles. The van der Waals surface area contributed by atoms with E-state index in [-0.39, 0.29) is 33.7 Å². The number of rotatable bonds is 5. The van der Waals surface area contributed by atoms with E-state index in [1.807, 2.05) is 0 Å². The molecule has 0 fully saturated rings. The van der Waals surface area contributed by atoms with Crippen LogP contribution in [0.1, 0.15) is 13.3 Å². The topological polar surface area (TPSA) is 95.5 Å². The summed E-state index contributed by atoms with van der Waals surface area (Å²) < 4.78 is 25.2. The Labute approximate surface area is 121 Å². The van der Waals surface area contributed by atoms with E-state index in [0.717, 1.165) is 6.07 Å². The molecule has 1 rings (SSSR count). The largest absolute Gasteiger partial charge is 0.740 e. The molecule has 1 atom stereocenters. The van der Waals surface area contributed by atoms with Gasteiger partial charge in [0, 0.05) is 6.07 Å². The molecule has 0 saturated carbocycles. The second kappa shape index (κ2) is 6.85. The fraction of sp³-hybridized carbons (Fsp3) is 0.200. The van der Waals surface area contributed by atoms with Crippen molar-refractivity contribution in [3.63, 3.8) is 0 Å². The van der Waals surface area contributed by atoms with E-state index in [9.17, 15) is 18.4 Å². The molecular formula is C10H8Cl2NO5S-. The third kappa shape index (κ3) is 5.15. The first-order valence-corrected chi connectivity index (χ1v) is 6.61. The van der Waals surface area contributed by atoms with Crippen LogP contribution in [0.25, 0.3) is 0 Å². The lowest BCUT2D eigenvalue weighted by Crippen LogP contribution is -2.15. The lowest BCUT2D eigenvalue weighted by Gasteiger charge is -2.12. The third-order valence-electron chi connectivity index (χ3n) is 1.86. The van der Waals surface area contributed by atoms with E-state index < -0.39 is 17.3 Å². The Kier molecular flexibility index (Phi) is 5.74. The molecule has 1 amide bonds. The van der Waals surface area contributed by atoms with Crippen LogP contribution in [0, 0.1) is 0 Å². The summed E-state index contributed by atoms with van der Waals surface area (Å²) in [6.07, 6.45) is -0.295. The van der Waals surface area contributed by atoms with Gasteiger partial charge in [0.1, 0.15) is 17.1 Å². The highest BCUT2D eigenvalue weighted by atomic mass is 35.5. The van der Waals surface area contributed by atoms with E-state index in [2.05, 4.69) is 9.50 Å². The predicted octanol–water partition coefficient (Wildman–Crippen LogP) is 2.08. The Morgan fingerprint density at radius 3 is 2.53 bits per heavy atom. The van der Waals surface area contributed by atoms with Gasteiger partial charge in [-0.25, -0.2) is 4.21 Å². The molecule has 9 heteroatoms. The second-order valence-corrected chi connectivity index (χ2v) is 4.87. The van der Waals surface area contributed by atoms with Crippen molar-refractivity contribution in [3.05, 3.63) is 22.2 Å². The van der Waals surface area contributed by atoms with Crippen LogP contribution in [-0.4, -0.2) is 20.5 Å². The molecule has 104 valence electrons. The second-order valence-electron chi connectivity index (χ2n) is 3.48. The average molecular weight is 325 g/mol. The van der Waals surface area contributed by atoms with Gasteiger partial charge in [-0.15, -0.1) is 0 Å². The minimum Gasteiger partial charge on any atom is -0.740 e. The summed E-state index contributed by atoms with van der Waals surface area (Å²) in [6.45, 7) is 1.27. The summed E-state index contributed by atoms with van der Waals surface area (Å²) in [5.74, 6) is -1.02. The van der Waals surface area contributed by atoms with Crippen molar-refractivity contribution in [2.24, 2.45) is 0 Å². The highest BCUT2D eigenvalue weighted by Crippen LogP contribution is 2.34. The van der Waals surface area contributed by atoms with Crippen LogP contribution in [0.3, 0.4) is 0 Å². The van der Waals surface area contributed by atoms with Crippen LogP contribution in [0.4, 0.5) is 5.69 Å². The Balaban J connectivity index is 2.92. The first-order valence-electron chi connectivity index (χ1n) is 4.85. The standard InChI is InChI=1S/C10H9Cl2NO5S/c1-5(14)2-10(15)13-8-3-7(12)9(4-6(8)11)18-19(16)17/h3-4H,2H2,1H3,(H,13,15)(H,16,17)/p-1. The Morgan fingerprint density at radius 2 is 2.00 bits per heavy atom. The number of hydrogen-bond acceptors (Lipinski definition) is 5. The first kappa shape index (κ1) is 15.9. The lowest BCUT2D eigenvalue weighted by atomic mass is 10.2. The summed E-state index contributed by atoms with van der Waals surface area (Å²) in [5, 5.41) is 2.36. The van der Waals surface area contributed by atoms with Gasteiger partial charge < -0.3 is 14.1 Å². The van der Waals surface area contributed by atoms with Gasteiger partial charge in [0.05, 0.1) is 22.2 Å². The van der Waals surface area contributed by atoms with Crippen molar-refractivity contribution in [3.8, 4) is 5.75 Å². The van der Waals surface area contributed by atoms with Crippen LogP contribution in [-0.2, 0) is 21.0 Å². The molecule has 0 spiro atoms. The monoisotopic (exact) mass is 324 g/mol. The molecular weight excluding hydrogens is 317 g/mol. The van der Waals surface area contributed by atoms with Crippen molar-refractivity contribution in [1.29, 1.82) is 0 Å². The summed E-state index contributed by atoms with van der Waals surface area (Å²) in [4.78, 5) is 22.1. The van der Waals surface area contributed by atoms with Gasteiger partial charge >= 0.3 is 0 Å². The normalized spacial score (nSPS) is 11.8. The molecule has 0 aliphatic rings. The van der Waals surface area contributed by atoms with E-state index >= 15 is 0 Å². The number of carbonyl (C=O) groups excluding carboxylic acids is 2. The van der Waals surface area contributed by atoms with E-state index in [0.29, 0.717) is 0 Å². The minimum absolute atomic E-state index is 0.0294. The highest BCUT2D eigenvalue weighted by Gasteiger charge is 2.12. The third-order valence-corrected chi connectivity index (χ3v) is 2.79. The fourth-order valence-electron chi connectivity index (χ4n) is 1.18. The number of halogens is 2. The van der Waals surface area contributed by atoms with E-state index in [1.54, 1.807) is 0 Å². The van der Waals surface area contributed by atoms with Crippen LogP contribution < -0.4 is 9.50 Å². The zero-order valence-corrected chi connectivity index (χ0v) is 11.9. The number of ketones is 1. The molecule has 0 aromatic heterocycles. The van der Waals surface area contributed by atoms with Crippen LogP contribution in [0.2, 0.25) is 10.0 Å². The molecule has 0 bridgehead atoms. The minimum atomic E-state index is -2.79. The van der Waals surface area contributed by atoms with Gasteiger partial charge in [0.15, 0.2) is 5.75 Å². The quantitative estimate of drug-likeness (QED) is 0.660. The summed E-state index contributed by atoms with van der Waals surface area (Å²) >= 11 is 8.80. The molecule has 6 nitrogen and oxygen atoms in total. The van der Waals surface area contributed by atoms with Gasteiger partial charge in [0.2, 0.25) is 5.91 Å². The molecule has 1 N–H and O–H groups in total. The highest BCUT2D eigenvalue weighted by molar-refractivity contribution is 7.74. The average Bonchev–Trinajstić information content (AvgIpc) is 2.23. The van der Waals surface area contributed by atoms with Crippen molar-refractivity contribution < 1.29 is 22.5 Å². The number of hydrogen-bond donors (Lipinski definition) is 1. The molecule has 0 radical (unpaired) electrons. The molecule has 1 unspecified atom stereocenters. The molecule has 0 aliphatic carbocycles. The predicted molar refractivity (Wildman–Crippen MR) is 69.9 cm³/mol. The zero-order chi connectivity index (χ0) is 14.6. The Hall–Kier alpha value is -1.15. The number of benzene rings is 1. The van der Waals surface area contributed by atoms with Crippen LogP contribution in [0.5, 0.6) is 5.75 Å². The molecule has 1 aromatic rings. The van der Waals surface area contributed by atoms with Crippen LogP contribution in [0.15, 0.2) is 12.1 Å². The van der Waals surface area contributed by atoms with Crippen molar-refractivity contribution in [1.82, 2.24) is 0 Å². The summed E-state index contributed by atoms with van der Waals surface area (Å²) in [5.41, 5.74) is 0.155. The molecule has 19 heavy (non-hydrogen) atoms. The number of amides is 1. The lowest BCUT2D eigenvalue weighted by molar-refractivity contribution is -0.124. The maximum Gasteiger partial charge on any atom is 0.231 e. The van der Waals surface area contributed by atoms with Gasteiger partial charge in [-0.3, -0.25) is 9.59 Å². The SMILES string of the molecule is CC(=O)CC(=O)Nc1cc(Cl)c(OS(=O)[O-])cc1Cl. The molecule has 0 saturated heterocycles. The van der Waals surface area contributed by atoms with Crippen molar-refractivity contribution in [2.75, 3.05) is 5.32 Å². The van der Waals surface area contributed by atoms with Crippen molar-refractivity contribution >= 4 is 51.9 Å². The number of anilines is 1. The van der Waals surface area contributed by atoms with Gasteiger partial charge in [0.25, 0.3) is 0 Å². The van der Waals surface area contributed by atoms with E-state index in [1.165, 1.54) is 13.0 Å². The summed E-state index contributed by atoms with van der Waals surface area (Å²) in [6, 6.07) is 2.37. The fourth-order valence-corrected chi connectivity index (χ4v) is 1.92. The maximum atomic E-state index is 11.4. The Morgan fingerprint density at radius 1 is 1.37 bits per heavy atom. The first-order chi connectivity index (χ1) is 8.79. The smallest absolute Gasteiger partial charge is 0.231 e. The maximum absolute atomic E-state index is 11.4. The van der Waals surface area contributed by atoms with Gasteiger partial charge in [-0.2, -0.15) is 0 Å². The number of nitrogens with one attached hydrogen (secondary N) is 1. The van der Waals surface area contributed by atoms with Gasteiger partial charge in [-0.1, -0.05) is 23.2 Å². The van der Waals surface area contributed by atoms with Gasteiger partial charge in [-0.05, 0) is 13.0 Å². The molecule has 0 heterocycles. The molecule has 1 aromatic carbocycles. The summed E-state index contributed by atoms with van der Waals surface area (Å²) in [7, 11) is 0. The number of Topliss-reactive ketones (excluding diaryl/α,β-unsaturated/α-hetero) is 1. The van der Waals surface area contributed by atoms with Crippen molar-refractivity contribution in [2.45, 2.75) is 13.3 Å². The zero-order valence-electron chi connectivity index (χ0n) is 9.57. The van der Waals surface area contributed by atoms with E-state index in [4.69, 9.17) is 23.2 Å².